The number of carbonyl (C=O) groups is 1. The molecular formula is C12H20N4O3. The summed E-state index contributed by atoms with van der Waals surface area (Å²) in [5, 5.41) is 20.8. The molecule has 1 aliphatic heterocycles. The van der Waals surface area contributed by atoms with Crippen LogP contribution in [0.2, 0.25) is 0 Å². The van der Waals surface area contributed by atoms with Crippen LogP contribution in [0.3, 0.4) is 0 Å². The van der Waals surface area contributed by atoms with Crippen LogP contribution in [0.1, 0.15) is 50.9 Å². The Bertz CT molecular complexity index is 434. The van der Waals surface area contributed by atoms with Gasteiger partial charge in [-0.3, -0.25) is 4.79 Å². The van der Waals surface area contributed by atoms with Gasteiger partial charge >= 0.3 is 5.97 Å². The second-order valence-corrected chi connectivity index (χ2v) is 5.09. The van der Waals surface area contributed by atoms with Crippen molar-refractivity contribution >= 4 is 5.97 Å². The molecule has 3 atom stereocenters. The molecule has 3 unspecified atom stereocenters. The average Bonchev–Trinajstić information content (AvgIpc) is 2.85. The Hall–Kier alpha value is -1.50. The summed E-state index contributed by atoms with van der Waals surface area (Å²) >= 11 is 0. The number of aliphatic carboxylic acids is 1. The van der Waals surface area contributed by atoms with Crippen LogP contribution < -0.4 is 0 Å². The standard InChI is InChI=1S/C12H20N4O3/c1-3-9(6-11(17)18)16-12(13-14-15-16)10-4-5-19-7-8(10)2/h8-10H,3-7H2,1-2H3,(H,17,18). The van der Waals surface area contributed by atoms with E-state index in [1.54, 1.807) is 4.68 Å². The zero-order valence-corrected chi connectivity index (χ0v) is 11.3. The Morgan fingerprint density at radius 1 is 1.63 bits per heavy atom. The Morgan fingerprint density at radius 2 is 2.42 bits per heavy atom. The van der Waals surface area contributed by atoms with Crippen molar-refractivity contribution in [2.75, 3.05) is 13.2 Å². The highest BCUT2D eigenvalue weighted by molar-refractivity contribution is 5.67. The summed E-state index contributed by atoms with van der Waals surface area (Å²) in [5.41, 5.74) is 0. The van der Waals surface area contributed by atoms with Gasteiger partial charge in [-0.2, -0.15) is 0 Å². The normalized spacial score (nSPS) is 25.2. The van der Waals surface area contributed by atoms with Crippen molar-refractivity contribution in [1.29, 1.82) is 0 Å². The van der Waals surface area contributed by atoms with Crippen molar-refractivity contribution in [3.63, 3.8) is 0 Å². The van der Waals surface area contributed by atoms with Gasteiger partial charge in [0.15, 0.2) is 5.82 Å². The number of nitrogens with zero attached hydrogens (tertiary/aromatic N) is 4. The molecule has 1 aliphatic rings. The van der Waals surface area contributed by atoms with Crippen LogP contribution in [-0.4, -0.2) is 44.5 Å². The van der Waals surface area contributed by atoms with E-state index in [1.807, 2.05) is 6.92 Å². The monoisotopic (exact) mass is 268 g/mol. The fourth-order valence-electron chi connectivity index (χ4n) is 2.57. The lowest BCUT2D eigenvalue weighted by Gasteiger charge is -2.28. The third-order valence-electron chi connectivity index (χ3n) is 3.72. The highest BCUT2D eigenvalue weighted by Gasteiger charge is 2.30. The Kier molecular flexibility index (Phi) is 4.47. The summed E-state index contributed by atoms with van der Waals surface area (Å²) in [6, 6.07) is -0.183. The Morgan fingerprint density at radius 3 is 3.05 bits per heavy atom. The van der Waals surface area contributed by atoms with Crippen LogP contribution in [0.15, 0.2) is 0 Å². The SMILES string of the molecule is CCC(CC(=O)O)n1nnnc1C1CCOCC1C. The quantitative estimate of drug-likeness (QED) is 0.864. The third-order valence-corrected chi connectivity index (χ3v) is 3.72. The number of aromatic nitrogens is 4. The minimum atomic E-state index is -0.826. The number of hydrogen-bond donors (Lipinski definition) is 1. The van der Waals surface area contributed by atoms with E-state index in [9.17, 15) is 4.79 Å². The van der Waals surface area contributed by atoms with Crippen LogP contribution in [0.4, 0.5) is 0 Å². The molecule has 1 N–H and O–H groups in total. The zero-order chi connectivity index (χ0) is 13.8. The molecule has 0 aromatic carbocycles. The number of hydrogen-bond acceptors (Lipinski definition) is 5. The van der Waals surface area contributed by atoms with Gasteiger partial charge in [-0.1, -0.05) is 13.8 Å². The molecule has 0 saturated carbocycles. The molecule has 0 aliphatic carbocycles. The first-order chi connectivity index (χ1) is 9.13. The highest BCUT2D eigenvalue weighted by Crippen LogP contribution is 2.31. The molecule has 2 rings (SSSR count). The Labute approximate surface area is 111 Å². The van der Waals surface area contributed by atoms with Crippen LogP contribution in [0.25, 0.3) is 0 Å². The molecule has 0 amide bonds. The lowest BCUT2D eigenvalue weighted by Crippen LogP contribution is -2.28. The first kappa shape index (κ1) is 13.9. The van der Waals surface area contributed by atoms with E-state index in [0.29, 0.717) is 25.6 Å². The van der Waals surface area contributed by atoms with Gasteiger partial charge in [0, 0.05) is 19.1 Å². The van der Waals surface area contributed by atoms with E-state index in [4.69, 9.17) is 9.84 Å². The minimum Gasteiger partial charge on any atom is -0.481 e. The number of ether oxygens (including phenoxy) is 1. The number of rotatable bonds is 5. The predicted molar refractivity (Wildman–Crippen MR) is 66.7 cm³/mol. The molecular weight excluding hydrogens is 248 g/mol. The van der Waals surface area contributed by atoms with Gasteiger partial charge < -0.3 is 9.84 Å². The smallest absolute Gasteiger partial charge is 0.305 e. The second-order valence-electron chi connectivity index (χ2n) is 5.09. The van der Waals surface area contributed by atoms with Gasteiger partial charge in [-0.05, 0) is 29.2 Å². The van der Waals surface area contributed by atoms with E-state index in [2.05, 4.69) is 22.4 Å². The van der Waals surface area contributed by atoms with Crippen molar-refractivity contribution < 1.29 is 14.6 Å². The van der Waals surface area contributed by atoms with Gasteiger partial charge in [0.05, 0.1) is 12.5 Å². The average molecular weight is 268 g/mol. The molecule has 1 fully saturated rings. The zero-order valence-electron chi connectivity index (χ0n) is 11.3. The molecule has 106 valence electrons. The molecule has 0 bridgehead atoms. The van der Waals surface area contributed by atoms with Gasteiger partial charge in [0.2, 0.25) is 0 Å². The summed E-state index contributed by atoms with van der Waals surface area (Å²) in [6.07, 6.45) is 1.62. The fourth-order valence-corrected chi connectivity index (χ4v) is 2.57. The van der Waals surface area contributed by atoms with E-state index >= 15 is 0 Å². The lowest BCUT2D eigenvalue weighted by atomic mass is 9.89. The van der Waals surface area contributed by atoms with Crippen molar-refractivity contribution in [3.05, 3.63) is 5.82 Å². The number of carboxylic acid groups (broad SMARTS) is 1. The van der Waals surface area contributed by atoms with Crippen molar-refractivity contribution in [1.82, 2.24) is 20.2 Å². The molecule has 19 heavy (non-hydrogen) atoms. The third kappa shape index (κ3) is 3.09. The molecule has 0 radical (unpaired) electrons. The van der Waals surface area contributed by atoms with E-state index in [-0.39, 0.29) is 18.4 Å². The molecule has 7 nitrogen and oxygen atoms in total. The van der Waals surface area contributed by atoms with Crippen LogP contribution in [0.5, 0.6) is 0 Å². The molecule has 1 saturated heterocycles. The molecule has 1 aromatic rings. The molecule has 7 heteroatoms. The number of tetrazole rings is 1. The fraction of sp³-hybridized carbons (Fsp3) is 0.833. The lowest BCUT2D eigenvalue weighted by molar-refractivity contribution is -0.138. The first-order valence-electron chi connectivity index (χ1n) is 6.70. The van der Waals surface area contributed by atoms with E-state index in [1.165, 1.54) is 0 Å². The summed E-state index contributed by atoms with van der Waals surface area (Å²) in [5.74, 6) is 0.560. The van der Waals surface area contributed by atoms with Crippen molar-refractivity contribution in [2.45, 2.75) is 45.1 Å². The summed E-state index contributed by atoms with van der Waals surface area (Å²) in [4.78, 5) is 10.9. The topological polar surface area (TPSA) is 90.1 Å². The molecule has 2 heterocycles. The summed E-state index contributed by atoms with van der Waals surface area (Å²) in [6.45, 7) is 5.47. The van der Waals surface area contributed by atoms with Gasteiger partial charge in [0.1, 0.15) is 0 Å². The maximum Gasteiger partial charge on any atom is 0.305 e. The van der Waals surface area contributed by atoms with Gasteiger partial charge in [-0.15, -0.1) is 5.10 Å². The van der Waals surface area contributed by atoms with Gasteiger partial charge in [-0.25, -0.2) is 4.68 Å². The minimum absolute atomic E-state index is 0.0478. The van der Waals surface area contributed by atoms with Crippen LogP contribution >= 0.6 is 0 Å². The second kappa shape index (κ2) is 6.10. The highest BCUT2D eigenvalue weighted by atomic mass is 16.5. The van der Waals surface area contributed by atoms with E-state index < -0.39 is 5.97 Å². The summed E-state index contributed by atoms with van der Waals surface area (Å²) in [7, 11) is 0. The maximum absolute atomic E-state index is 10.9. The number of carboxylic acids is 1. The molecule has 1 aromatic heterocycles. The van der Waals surface area contributed by atoms with Crippen molar-refractivity contribution in [3.8, 4) is 0 Å². The maximum atomic E-state index is 10.9. The molecule has 0 spiro atoms. The van der Waals surface area contributed by atoms with E-state index in [0.717, 1.165) is 12.2 Å². The van der Waals surface area contributed by atoms with Gasteiger partial charge in [0.25, 0.3) is 0 Å². The predicted octanol–water partition coefficient (Wildman–Crippen LogP) is 1.24. The largest absolute Gasteiger partial charge is 0.481 e. The first-order valence-corrected chi connectivity index (χ1v) is 6.70. The summed E-state index contributed by atoms with van der Waals surface area (Å²) < 4.78 is 7.12. The van der Waals surface area contributed by atoms with Crippen LogP contribution in [0, 0.1) is 5.92 Å². The van der Waals surface area contributed by atoms with Crippen LogP contribution in [-0.2, 0) is 9.53 Å². The van der Waals surface area contributed by atoms with Crippen molar-refractivity contribution in [2.24, 2.45) is 5.92 Å². The Balaban J connectivity index is 2.22.